The van der Waals surface area contributed by atoms with Crippen molar-refractivity contribution in [2.45, 2.75) is 26.6 Å². The summed E-state index contributed by atoms with van der Waals surface area (Å²) in [6, 6.07) is 6.44. The average molecular weight is 373 g/mol. The molecule has 134 valence electrons. The first-order valence-corrected chi connectivity index (χ1v) is 7.69. The minimum absolute atomic E-state index is 0.0581. The Morgan fingerprint density at radius 1 is 1.16 bits per heavy atom. The largest absolute Gasteiger partial charge is 0.487 e. The van der Waals surface area contributed by atoms with Gasteiger partial charge in [-0.1, -0.05) is 17.7 Å². The predicted octanol–water partition coefficient (Wildman–Crippen LogP) is 5.34. The monoisotopic (exact) mass is 372 g/mol. The predicted molar refractivity (Wildman–Crippen MR) is 88.0 cm³/mol. The van der Waals surface area contributed by atoms with Gasteiger partial charge in [-0.2, -0.15) is 13.2 Å². The van der Waals surface area contributed by atoms with Gasteiger partial charge < -0.3 is 9.47 Å². The Balaban J connectivity index is 2.25. The van der Waals surface area contributed by atoms with E-state index in [0.717, 1.165) is 23.3 Å². The summed E-state index contributed by atoms with van der Waals surface area (Å²) in [4.78, 5) is 11.8. The fourth-order valence-electron chi connectivity index (χ4n) is 2.36. The summed E-state index contributed by atoms with van der Waals surface area (Å²) in [5.74, 6) is -0.329. The van der Waals surface area contributed by atoms with Crippen molar-refractivity contribution in [1.82, 2.24) is 0 Å². The van der Waals surface area contributed by atoms with Crippen molar-refractivity contribution in [3.8, 4) is 5.75 Å². The number of methoxy groups -OCH3 is 1. The lowest BCUT2D eigenvalue weighted by atomic mass is 9.99. The molecule has 0 bridgehead atoms. The van der Waals surface area contributed by atoms with Crippen molar-refractivity contribution >= 4 is 17.6 Å². The SMILES string of the molecule is COC(=O)c1cc(C)cc(COc2ccc(C(F)(F)F)cc2Cl)c1C. The highest BCUT2D eigenvalue weighted by atomic mass is 35.5. The molecule has 0 amide bonds. The molecule has 0 unspecified atom stereocenters. The van der Waals surface area contributed by atoms with E-state index in [-0.39, 0.29) is 17.4 Å². The lowest BCUT2D eigenvalue weighted by molar-refractivity contribution is -0.137. The molecule has 7 heteroatoms. The Morgan fingerprint density at radius 3 is 2.40 bits per heavy atom. The Hall–Kier alpha value is -2.21. The standard InChI is InChI=1S/C18H16ClF3O3/c1-10-6-12(11(2)14(7-10)17(23)24-3)9-25-16-5-4-13(8-15(16)19)18(20,21)22/h4-8H,9H2,1-3H3. The van der Waals surface area contributed by atoms with Crippen molar-refractivity contribution in [1.29, 1.82) is 0 Å². The van der Waals surface area contributed by atoms with Crippen LogP contribution in [0.1, 0.15) is 32.6 Å². The van der Waals surface area contributed by atoms with Crippen molar-refractivity contribution < 1.29 is 27.4 Å². The topological polar surface area (TPSA) is 35.5 Å². The third-order valence-corrected chi connectivity index (χ3v) is 4.00. The van der Waals surface area contributed by atoms with E-state index in [1.165, 1.54) is 13.2 Å². The van der Waals surface area contributed by atoms with E-state index in [9.17, 15) is 18.0 Å². The van der Waals surface area contributed by atoms with Crippen LogP contribution in [0.5, 0.6) is 5.75 Å². The molecule has 0 fully saturated rings. The molecule has 0 saturated heterocycles. The van der Waals surface area contributed by atoms with Crippen LogP contribution in [0.4, 0.5) is 13.2 Å². The van der Waals surface area contributed by atoms with Gasteiger partial charge in [-0.05, 0) is 54.8 Å². The highest BCUT2D eigenvalue weighted by Gasteiger charge is 2.31. The first kappa shape index (κ1) is 19.1. The van der Waals surface area contributed by atoms with Crippen molar-refractivity contribution in [2.24, 2.45) is 0 Å². The molecule has 2 aromatic rings. The molecule has 0 aromatic heterocycles. The van der Waals surface area contributed by atoms with Crippen LogP contribution in [-0.4, -0.2) is 13.1 Å². The zero-order valence-corrected chi connectivity index (χ0v) is 14.6. The molecule has 0 aliphatic rings. The number of benzene rings is 2. The van der Waals surface area contributed by atoms with Gasteiger partial charge in [-0.3, -0.25) is 0 Å². The number of carbonyl (C=O) groups excluding carboxylic acids is 1. The van der Waals surface area contributed by atoms with Crippen molar-refractivity contribution in [3.63, 3.8) is 0 Å². The number of alkyl halides is 3. The molecular weight excluding hydrogens is 357 g/mol. The van der Waals surface area contributed by atoms with E-state index in [1.54, 1.807) is 13.0 Å². The molecule has 0 N–H and O–H groups in total. The summed E-state index contributed by atoms with van der Waals surface area (Å²) in [7, 11) is 1.29. The Bertz CT molecular complexity index is 801. The molecule has 25 heavy (non-hydrogen) atoms. The molecule has 0 atom stereocenters. The van der Waals surface area contributed by atoms with Crippen LogP contribution in [0.3, 0.4) is 0 Å². The van der Waals surface area contributed by atoms with Gasteiger partial charge in [0.25, 0.3) is 0 Å². The van der Waals surface area contributed by atoms with Crippen LogP contribution in [0.2, 0.25) is 5.02 Å². The van der Waals surface area contributed by atoms with Gasteiger partial charge in [0.05, 0.1) is 23.3 Å². The van der Waals surface area contributed by atoms with Crippen LogP contribution in [-0.2, 0) is 17.5 Å². The van der Waals surface area contributed by atoms with Gasteiger partial charge in [-0.25, -0.2) is 4.79 Å². The molecular formula is C18H16ClF3O3. The van der Waals surface area contributed by atoms with Crippen LogP contribution in [0.25, 0.3) is 0 Å². The van der Waals surface area contributed by atoms with Gasteiger partial charge in [0.15, 0.2) is 0 Å². The maximum atomic E-state index is 12.7. The van der Waals surface area contributed by atoms with Gasteiger partial charge >= 0.3 is 12.1 Å². The average Bonchev–Trinajstić information content (AvgIpc) is 2.54. The number of hydrogen-bond donors (Lipinski definition) is 0. The first-order chi connectivity index (χ1) is 11.6. The second-order valence-electron chi connectivity index (χ2n) is 5.52. The van der Waals surface area contributed by atoms with E-state index in [0.29, 0.717) is 11.1 Å². The molecule has 0 heterocycles. The highest BCUT2D eigenvalue weighted by molar-refractivity contribution is 6.32. The van der Waals surface area contributed by atoms with Gasteiger partial charge in [0, 0.05) is 0 Å². The number of halogens is 4. The zero-order chi connectivity index (χ0) is 18.8. The molecule has 3 nitrogen and oxygen atoms in total. The van der Waals surface area contributed by atoms with E-state index >= 15 is 0 Å². The quantitative estimate of drug-likeness (QED) is 0.679. The lowest BCUT2D eigenvalue weighted by Gasteiger charge is -2.14. The Kier molecular flexibility index (Phi) is 5.62. The van der Waals surface area contributed by atoms with Crippen LogP contribution >= 0.6 is 11.6 Å². The zero-order valence-electron chi connectivity index (χ0n) is 13.8. The fraction of sp³-hybridized carbons (Fsp3) is 0.278. The third-order valence-electron chi connectivity index (χ3n) is 3.71. The summed E-state index contributed by atoms with van der Waals surface area (Å²) < 4.78 is 48.3. The first-order valence-electron chi connectivity index (χ1n) is 7.31. The normalized spacial score (nSPS) is 11.3. The summed E-state index contributed by atoms with van der Waals surface area (Å²) in [6.07, 6.45) is -4.47. The van der Waals surface area contributed by atoms with Crippen molar-refractivity contribution in [2.75, 3.05) is 7.11 Å². The number of esters is 1. The number of aryl methyl sites for hydroxylation is 1. The molecule has 0 spiro atoms. The maximum absolute atomic E-state index is 12.7. The molecule has 2 rings (SSSR count). The number of ether oxygens (including phenoxy) is 2. The summed E-state index contributed by atoms with van der Waals surface area (Å²) in [5, 5.41) is -0.131. The summed E-state index contributed by atoms with van der Waals surface area (Å²) in [6.45, 7) is 3.63. The maximum Gasteiger partial charge on any atom is 0.416 e. The minimum atomic E-state index is -4.47. The fourth-order valence-corrected chi connectivity index (χ4v) is 2.59. The van der Waals surface area contributed by atoms with Crippen LogP contribution in [0.15, 0.2) is 30.3 Å². The van der Waals surface area contributed by atoms with Gasteiger partial charge in [-0.15, -0.1) is 0 Å². The van der Waals surface area contributed by atoms with E-state index in [4.69, 9.17) is 21.1 Å². The van der Waals surface area contributed by atoms with Crippen LogP contribution in [0, 0.1) is 13.8 Å². The molecule has 0 saturated carbocycles. The van der Waals surface area contributed by atoms with Crippen molar-refractivity contribution in [3.05, 3.63) is 63.2 Å². The van der Waals surface area contributed by atoms with Gasteiger partial charge in [0.1, 0.15) is 12.4 Å². The molecule has 0 radical (unpaired) electrons. The molecule has 0 aliphatic carbocycles. The number of hydrogen-bond acceptors (Lipinski definition) is 3. The highest BCUT2D eigenvalue weighted by Crippen LogP contribution is 2.35. The van der Waals surface area contributed by atoms with Gasteiger partial charge in [0.2, 0.25) is 0 Å². The smallest absolute Gasteiger partial charge is 0.416 e. The second kappa shape index (κ2) is 7.35. The van der Waals surface area contributed by atoms with E-state index in [1.807, 2.05) is 13.0 Å². The number of carbonyl (C=O) groups is 1. The Morgan fingerprint density at radius 2 is 1.84 bits per heavy atom. The second-order valence-corrected chi connectivity index (χ2v) is 5.93. The summed E-state index contributed by atoms with van der Waals surface area (Å²) >= 11 is 5.88. The molecule has 2 aromatic carbocycles. The van der Waals surface area contributed by atoms with E-state index in [2.05, 4.69) is 0 Å². The van der Waals surface area contributed by atoms with E-state index < -0.39 is 17.7 Å². The lowest BCUT2D eigenvalue weighted by Crippen LogP contribution is -2.09. The summed E-state index contributed by atoms with van der Waals surface area (Å²) in [5.41, 5.74) is 1.81. The Labute approximate surface area is 148 Å². The third kappa shape index (κ3) is 4.45. The van der Waals surface area contributed by atoms with Crippen LogP contribution < -0.4 is 4.74 Å². The molecule has 0 aliphatic heterocycles. The minimum Gasteiger partial charge on any atom is -0.487 e. The number of rotatable bonds is 4.